The summed E-state index contributed by atoms with van der Waals surface area (Å²) in [6.45, 7) is 2.21. The number of hydrogen-bond donors (Lipinski definition) is 1. The fraction of sp³-hybridized carbons (Fsp3) is 0.250. The fourth-order valence-electron chi connectivity index (χ4n) is 3.28. The Kier molecular flexibility index (Phi) is 6.23. The normalized spacial score (nSPS) is 10.8. The summed E-state index contributed by atoms with van der Waals surface area (Å²) < 4.78 is 28.0. The molecule has 3 aromatic carbocycles. The molecule has 0 heterocycles. The van der Waals surface area contributed by atoms with Gasteiger partial charge in [-0.3, -0.25) is 0 Å². The molecule has 0 aliphatic rings. The summed E-state index contributed by atoms with van der Waals surface area (Å²) in [6, 6.07) is 19.1. The molecule has 0 unspecified atom stereocenters. The maximum atomic E-state index is 14.0. The Bertz CT molecular complexity index is 860. The van der Waals surface area contributed by atoms with Crippen molar-refractivity contribution in [2.24, 2.45) is 0 Å². The first kappa shape index (κ1) is 19.1. The van der Waals surface area contributed by atoms with Crippen molar-refractivity contribution in [1.29, 1.82) is 0 Å². The van der Waals surface area contributed by atoms with Crippen LogP contribution in [0.4, 0.5) is 14.5 Å². The molecule has 140 valence electrons. The molecule has 3 aromatic rings. The van der Waals surface area contributed by atoms with Crippen LogP contribution in [0.2, 0.25) is 0 Å². The van der Waals surface area contributed by atoms with E-state index >= 15 is 0 Å². The van der Waals surface area contributed by atoms with Crippen molar-refractivity contribution >= 4 is 5.69 Å². The van der Waals surface area contributed by atoms with E-state index < -0.39 is 11.6 Å². The molecule has 27 heavy (non-hydrogen) atoms. The van der Waals surface area contributed by atoms with Gasteiger partial charge in [-0.15, -0.1) is 0 Å². The van der Waals surface area contributed by atoms with E-state index in [1.165, 1.54) is 44.0 Å². The van der Waals surface area contributed by atoms with Gasteiger partial charge in [-0.1, -0.05) is 68.3 Å². The zero-order chi connectivity index (χ0) is 19.2. The van der Waals surface area contributed by atoms with Crippen molar-refractivity contribution in [3.63, 3.8) is 0 Å². The first-order chi connectivity index (χ1) is 13.1. The van der Waals surface area contributed by atoms with Crippen LogP contribution in [0.1, 0.15) is 31.7 Å². The summed E-state index contributed by atoms with van der Waals surface area (Å²) in [5, 5.41) is 2.54. The summed E-state index contributed by atoms with van der Waals surface area (Å²) in [4.78, 5) is 0. The third-order valence-electron chi connectivity index (χ3n) is 4.87. The molecule has 3 rings (SSSR count). The van der Waals surface area contributed by atoms with Crippen LogP contribution in [0, 0.1) is 11.6 Å². The van der Waals surface area contributed by atoms with Gasteiger partial charge < -0.3 is 5.32 Å². The number of aryl methyl sites for hydroxylation is 1. The van der Waals surface area contributed by atoms with Crippen molar-refractivity contribution in [3.05, 3.63) is 77.9 Å². The fourth-order valence-corrected chi connectivity index (χ4v) is 3.28. The Labute approximate surface area is 160 Å². The zero-order valence-electron chi connectivity index (χ0n) is 15.9. The Morgan fingerprint density at radius 1 is 0.704 bits per heavy atom. The van der Waals surface area contributed by atoms with E-state index in [2.05, 4.69) is 36.5 Å². The number of benzene rings is 3. The largest absolute Gasteiger partial charge is 0.383 e. The molecule has 3 heteroatoms. The van der Waals surface area contributed by atoms with Gasteiger partial charge in [0, 0.05) is 7.05 Å². The summed E-state index contributed by atoms with van der Waals surface area (Å²) in [6.07, 6.45) is 4.84. The second kappa shape index (κ2) is 8.81. The van der Waals surface area contributed by atoms with Crippen LogP contribution < -0.4 is 5.32 Å². The summed E-state index contributed by atoms with van der Waals surface area (Å²) in [5.41, 5.74) is 4.81. The monoisotopic (exact) mass is 365 g/mol. The molecular weight excluding hydrogens is 340 g/mol. The van der Waals surface area contributed by atoms with Gasteiger partial charge in [0.2, 0.25) is 0 Å². The molecule has 0 saturated carbocycles. The molecule has 0 aliphatic carbocycles. The lowest BCUT2D eigenvalue weighted by atomic mass is 9.98. The SMILES string of the molecule is CCCCCc1ccc(-c2ccc(-c3cc(F)c(NC)c(F)c3)cc2)cc1. The highest BCUT2D eigenvalue weighted by molar-refractivity contribution is 5.72. The predicted octanol–water partition coefficient (Wildman–Crippen LogP) is 7.07. The Balaban J connectivity index is 1.77. The Morgan fingerprint density at radius 3 is 1.67 bits per heavy atom. The molecule has 1 N–H and O–H groups in total. The van der Waals surface area contributed by atoms with Crippen molar-refractivity contribution in [3.8, 4) is 22.3 Å². The topological polar surface area (TPSA) is 12.0 Å². The van der Waals surface area contributed by atoms with Gasteiger partial charge >= 0.3 is 0 Å². The first-order valence-corrected chi connectivity index (χ1v) is 9.49. The number of nitrogens with one attached hydrogen (secondary N) is 1. The second-order valence-corrected chi connectivity index (χ2v) is 6.80. The van der Waals surface area contributed by atoms with Crippen molar-refractivity contribution in [2.75, 3.05) is 12.4 Å². The molecule has 0 aromatic heterocycles. The third-order valence-corrected chi connectivity index (χ3v) is 4.87. The van der Waals surface area contributed by atoms with Crippen LogP contribution in [-0.4, -0.2) is 7.05 Å². The van der Waals surface area contributed by atoms with E-state index in [9.17, 15) is 8.78 Å². The summed E-state index contributed by atoms with van der Waals surface area (Å²) in [7, 11) is 1.51. The maximum absolute atomic E-state index is 14.0. The highest BCUT2D eigenvalue weighted by Gasteiger charge is 2.11. The van der Waals surface area contributed by atoms with Gasteiger partial charge in [-0.2, -0.15) is 0 Å². The quantitative estimate of drug-likeness (QED) is 0.441. The molecule has 1 nitrogen and oxygen atoms in total. The lowest BCUT2D eigenvalue weighted by Crippen LogP contribution is -1.97. The van der Waals surface area contributed by atoms with Crippen LogP contribution in [0.5, 0.6) is 0 Å². The highest BCUT2D eigenvalue weighted by atomic mass is 19.1. The van der Waals surface area contributed by atoms with Gasteiger partial charge in [0.25, 0.3) is 0 Å². The van der Waals surface area contributed by atoms with Gasteiger partial charge in [-0.25, -0.2) is 8.78 Å². The van der Waals surface area contributed by atoms with Crippen LogP contribution in [0.25, 0.3) is 22.3 Å². The number of halogens is 2. The van der Waals surface area contributed by atoms with Crippen molar-refractivity contribution in [2.45, 2.75) is 32.6 Å². The molecular formula is C24H25F2N. The van der Waals surface area contributed by atoms with E-state index in [1.54, 1.807) is 0 Å². The second-order valence-electron chi connectivity index (χ2n) is 6.80. The van der Waals surface area contributed by atoms with E-state index in [0.717, 1.165) is 23.1 Å². The average molecular weight is 365 g/mol. The number of rotatable bonds is 7. The third kappa shape index (κ3) is 4.54. The molecule has 0 fully saturated rings. The van der Waals surface area contributed by atoms with E-state index in [-0.39, 0.29) is 5.69 Å². The zero-order valence-corrected chi connectivity index (χ0v) is 15.9. The lowest BCUT2D eigenvalue weighted by Gasteiger charge is -2.09. The Hall–Kier alpha value is -2.68. The first-order valence-electron chi connectivity index (χ1n) is 9.49. The van der Waals surface area contributed by atoms with Crippen molar-refractivity contribution in [1.82, 2.24) is 0 Å². The van der Waals surface area contributed by atoms with Crippen LogP contribution in [-0.2, 0) is 6.42 Å². The molecule has 0 aliphatic heterocycles. The molecule has 0 radical (unpaired) electrons. The number of anilines is 1. The van der Waals surface area contributed by atoms with Crippen molar-refractivity contribution < 1.29 is 8.78 Å². The average Bonchev–Trinajstić information content (AvgIpc) is 2.69. The molecule has 0 saturated heterocycles. The Morgan fingerprint density at radius 2 is 1.19 bits per heavy atom. The van der Waals surface area contributed by atoms with Crippen LogP contribution in [0.15, 0.2) is 60.7 Å². The highest BCUT2D eigenvalue weighted by Crippen LogP contribution is 2.29. The molecule has 0 amide bonds. The van der Waals surface area contributed by atoms with Crippen LogP contribution >= 0.6 is 0 Å². The predicted molar refractivity (Wildman–Crippen MR) is 110 cm³/mol. The summed E-state index contributed by atoms with van der Waals surface area (Å²) in [5.74, 6) is -1.18. The van der Waals surface area contributed by atoms with Gasteiger partial charge in [-0.05, 0) is 52.8 Å². The van der Waals surface area contributed by atoms with Gasteiger partial charge in [0.15, 0.2) is 0 Å². The van der Waals surface area contributed by atoms with Gasteiger partial charge in [0.1, 0.15) is 17.3 Å². The standard InChI is InChI=1S/C24H25F2N/c1-3-4-5-6-17-7-9-18(10-8-17)19-11-13-20(14-12-19)21-15-22(25)24(27-2)23(26)16-21/h7-16,27H,3-6H2,1-2H3. The van der Waals surface area contributed by atoms with E-state index in [4.69, 9.17) is 0 Å². The smallest absolute Gasteiger partial charge is 0.149 e. The van der Waals surface area contributed by atoms with Gasteiger partial charge in [0.05, 0.1) is 0 Å². The molecule has 0 atom stereocenters. The minimum absolute atomic E-state index is 0.102. The maximum Gasteiger partial charge on any atom is 0.149 e. The number of hydrogen-bond acceptors (Lipinski definition) is 1. The minimum Gasteiger partial charge on any atom is -0.383 e. The summed E-state index contributed by atoms with van der Waals surface area (Å²) >= 11 is 0. The van der Waals surface area contributed by atoms with Crippen LogP contribution in [0.3, 0.4) is 0 Å². The number of unbranched alkanes of at least 4 members (excludes halogenated alkanes) is 2. The molecule has 0 bridgehead atoms. The van der Waals surface area contributed by atoms with E-state index in [0.29, 0.717) is 5.56 Å². The molecule has 0 spiro atoms. The van der Waals surface area contributed by atoms with E-state index in [1.807, 2.05) is 24.3 Å². The lowest BCUT2D eigenvalue weighted by molar-refractivity contribution is 0.591. The minimum atomic E-state index is -0.588.